The van der Waals surface area contributed by atoms with Crippen LogP contribution < -0.4 is 0 Å². The standard InChI is InChI=1S/C13H9.C2H6O2.CH3.2ClH.O.Si.Zr/c1-3-7-12-10(5-1)9-11-6-2-4-8-13(11)12;3-1-2-4;;;;;;/h1-9H;3-4H,1-2H2;1H3;2*1H;;;/q-1;;-1;;;;;+2. The van der Waals surface area contributed by atoms with Crippen molar-refractivity contribution in [3.63, 3.8) is 0 Å². The summed E-state index contributed by atoms with van der Waals surface area (Å²) >= 11 is 0.300. The van der Waals surface area contributed by atoms with Crippen LogP contribution in [-0.2, 0) is 27.5 Å². The van der Waals surface area contributed by atoms with Gasteiger partial charge in [-0.3, -0.25) is 0 Å². The molecule has 124 valence electrons. The molecule has 0 atom stereocenters. The van der Waals surface area contributed by atoms with Gasteiger partial charge in [0, 0.05) is 11.0 Å². The molecule has 4 radical (unpaired) electrons. The van der Waals surface area contributed by atoms with Crippen LogP contribution in [0.5, 0.6) is 0 Å². The van der Waals surface area contributed by atoms with Crippen LogP contribution in [0.1, 0.15) is 0 Å². The molecule has 3 rings (SSSR count). The van der Waals surface area contributed by atoms with Crippen LogP contribution in [0.4, 0.5) is 0 Å². The van der Waals surface area contributed by atoms with Crippen molar-refractivity contribution in [2.75, 3.05) is 13.2 Å². The van der Waals surface area contributed by atoms with Crippen molar-refractivity contribution in [1.29, 1.82) is 0 Å². The molecule has 7 heteroatoms. The Morgan fingerprint density at radius 1 is 0.783 bits per heavy atom. The maximum atomic E-state index is 8.34. The van der Waals surface area contributed by atoms with Gasteiger partial charge in [-0.15, -0.1) is 64.6 Å². The van der Waals surface area contributed by atoms with Gasteiger partial charge < -0.3 is 17.6 Å². The first-order valence-electron chi connectivity index (χ1n) is 5.82. The van der Waals surface area contributed by atoms with Crippen molar-refractivity contribution in [1.82, 2.24) is 0 Å². The fourth-order valence-corrected chi connectivity index (χ4v) is 1.90. The topological polar surface area (TPSA) is 57.5 Å². The monoisotopic (exact) mass is 448 g/mol. The van der Waals surface area contributed by atoms with Crippen molar-refractivity contribution in [3.05, 3.63) is 62.0 Å². The smallest absolute Gasteiger partial charge is 0 e. The first kappa shape index (κ1) is 30.6. The first-order valence-corrected chi connectivity index (χ1v) is 6.82. The predicted molar refractivity (Wildman–Crippen MR) is 98.6 cm³/mol. The number of benzene rings is 2. The Bertz CT molecular complexity index is 582. The van der Waals surface area contributed by atoms with Crippen molar-refractivity contribution in [2.24, 2.45) is 0 Å². The van der Waals surface area contributed by atoms with Crippen LogP contribution in [0, 0.1) is 7.43 Å². The molecular formula is C16H20Cl2O3SiZr. The van der Waals surface area contributed by atoms with Gasteiger partial charge in [-0.05, 0) is 0 Å². The van der Waals surface area contributed by atoms with Gasteiger partial charge in [0.25, 0.3) is 0 Å². The third-order valence-electron chi connectivity index (χ3n) is 2.62. The average molecular weight is 451 g/mol. The van der Waals surface area contributed by atoms with Crippen LogP contribution in [0.3, 0.4) is 0 Å². The Labute approximate surface area is 169 Å². The fourth-order valence-electron chi connectivity index (χ4n) is 1.90. The Morgan fingerprint density at radius 3 is 1.39 bits per heavy atom. The minimum atomic E-state index is -0.125. The number of rotatable bonds is 1. The summed E-state index contributed by atoms with van der Waals surface area (Å²) in [6, 6.07) is 19.3. The molecule has 0 aliphatic carbocycles. The summed E-state index contributed by atoms with van der Waals surface area (Å²) in [6.45, 7) is -0.250. The molecule has 3 aromatic rings. The van der Waals surface area contributed by atoms with Crippen LogP contribution in [-0.4, -0.2) is 34.4 Å². The molecule has 0 fully saturated rings. The minimum absolute atomic E-state index is 0. The Morgan fingerprint density at radius 2 is 1.09 bits per heavy atom. The van der Waals surface area contributed by atoms with Gasteiger partial charge in [-0.1, -0.05) is 36.4 Å². The molecule has 23 heavy (non-hydrogen) atoms. The van der Waals surface area contributed by atoms with E-state index in [2.05, 4.69) is 54.6 Å². The van der Waals surface area contributed by atoms with Gasteiger partial charge in [0.1, 0.15) is 0 Å². The van der Waals surface area contributed by atoms with Crippen molar-refractivity contribution < 1.29 is 37.7 Å². The summed E-state index contributed by atoms with van der Waals surface area (Å²) in [5.74, 6) is 0. The molecule has 0 spiro atoms. The van der Waals surface area contributed by atoms with Gasteiger partial charge in [-0.2, -0.15) is 0 Å². The molecule has 0 aliphatic heterocycles. The number of fused-ring (bicyclic) bond motifs is 3. The Balaban J connectivity index is -0.000000162. The van der Waals surface area contributed by atoms with Gasteiger partial charge in [-0.25, -0.2) is 0 Å². The van der Waals surface area contributed by atoms with E-state index in [1.807, 2.05) is 0 Å². The van der Waals surface area contributed by atoms with Crippen LogP contribution in [0.25, 0.3) is 21.5 Å². The van der Waals surface area contributed by atoms with Gasteiger partial charge >= 0.3 is 27.5 Å². The second-order valence-corrected chi connectivity index (χ2v) is 3.77. The second kappa shape index (κ2) is 18.1. The number of aliphatic hydroxyl groups is 2. The van der Waals surface area contributed by atoms with E-state index in [0.717, 1.165) is 0 Å². The number of halogens is 2. The average Bonchev–Trinajstić information content (AvgIpc) is 2.88. The molecule has 0 aliphatic rings. The Kier molecular flexibility index (Phi) is 24.0. The van der Waals surface area contributed by atoms with Crippen molar-refractivity contribution in [3.8, 4) is 0 Å². The SMILES string of the molecule is Cl.Cl.OCCO.[CH3-].[O]=[Zr+2].[Si].c1ccc2c(c1)[cH-]c1ccccc12. The van der Waals surface area contributed by atoms with E-state index in [0.29, 0.717) is 24.7 Å². The van der Waals surface area contributed by atoms with E-state index in [-0.39, 0.29) is 56.4 Å². The third-order valence-corrected chi connectivity index (χ3v) is 2.62. The summed E-state index contributed by atoms with van der Waals surface area (Å²) in [4.78, 5) is 0. The van der Waals surface area contributed by atoms with Gasteiger partial charge in [0.2, 0.25) is 0 Å². The normalized spacial score (nSPS) is 7.83. The van der Waals surface area contributed by atoms with Gasteiger partial charge in [0.15, 0.2) is 0 Å². The van der Waals surface area contributed by atoms with E-state index in [9.17, 15) is 0 Å². The van der Waals surface area contributed by atoms with Crippen LogP contribution in [0.2, 0.25) is 0 Å². The quantitative estimate of drug-likeness (QED) is 0.441. The summed E-state index contributed by atoms with van der Waals surface area (Å²) in [6.07, 6.45) is 0. The molecule has 0 saturated carbocycles. The molecule has 0 unspecified atom stereocenters. The predicted octanol–water partition coefficient (Wildman–Crippen LogP) is 3.47. The molecule has 0 saturated heterocycles. The van der Waals surface area contributed by atoms with E-state index in [1.165, 1.54) is 21.5 Å². The zero-order chi connectivity index (χ0) is 14.1. The number of hydrogen-bond acceptors (Lipinski definition) is 3. The van der Waals surface area contributed by atoms with Gasteiger partial charge in [0.05, 0.1) is 13.2 Å². The molecule has 2 N–H and O–H groups in total. The Hall–Kier alpha value is -0.290. The molecule has 0 amide bonds. The number of hydrogen-bond donors (Lipinski definition) is 2. The zero-order valence-electron chi connectivity index (χ0n) is 12.7. The van der Waals surface area contributed by atoms with Crippen LogP contribution in [0.15, 0.2) is 54.6 Å². The van der Waals surface area contributed by atoms with E-state index < -0.39 is 0 Å². The molecule has 0 heterocycles. The number of aliphatic hydroxyl groups excluding tert-OH is 2. The second-order valence-electron chi connectivity index (χ2n) is 3.77. The van der Waals surface area contributed by atoms with E-state index >= 15 is 0 Å². The van der Waals surface area contributed by atoms with Crippen molar-refractivity contribution in [2.45, 2.75) is 0 Å². The largest absolute Gasteiger partial charge is 0.126 e. The van der Waals surface area contributed by atoms with Crippen molar-refractivity contribution >= 4 is 57.3 Å². The third kappa shape index (κ3) is 8.94. The summed E-state index contributed by atoms with van der Waals surface area (Å²) < 4.78 is 8.34. The first-order chi connectivity index (χ1) is 9.36. The molecule has 0 bridgehead atoms. The summed E-state index contributed by atoms with van der Waals surface area (Å²) in [5, 5.41) is 20.6. The fraction of sp³-hybridized carbons (Fsp3) is 0.125. The zero-order valence-corrected chi connectivity index (χ0v) is 17.8. The molecule has 3 nitrogen and oxygen atoms in total. The van der Waals surface area contributed by atoms with Crippen LogP contribution >= 0.6 is 24.8 Å². The minimum Gasteiger partial charge on any atom is -0.126 e. The molecular weight excluding hydrogens is 430 g/mol. The maximum absolute atomic E-state index is 8.34. The summed E-state index contributed by atoms with van der Waals surface area (Å²) in [7, 11) is 0. The summed E-state index contributed by atoms with van der Waals surface area (Å²) in [5.41, 5.74) is 0. The van der Waals surface area contributed by atoms with E-state index in [4.69, 9.17) is 13.0 Å². The molecule has 0 aromatic heterocycles. The van der Waals surface area contributed by atoms with E-state index in [1.54, 1.807) is 0 Å². The maximum Gasteiger partial charge on any atom is 0 e. The molecule has 3 aromatic carbocycles.